The van der Waals surface area contributed by atoms with Gasteiger partial charge in [0.15, 0.2) is 0 Å². The van der Waals surface area contributed by atoms with Crippen LogP contribution in [0.2, 0.25) is 5.02 Å². The predicted octanol–water partition coefficient (Wildman–Crippen LogP) is 5.26. The number of piperidine rings is 1. The molecule has 1 saturated heterocycles. The molecule has 8 heteroatoms. The predicted molar refractivity (Wildman–Crippen MR) is 126 cm³/mol. The van der Waals surface area contributed by atoms with Crippen LogP contribution in [0, 0.1) is 5.92 Å². The average molecular weight is 473 g/mol. The maximum Gasteiger partial charge on any atom is 0.249 e. The van der Waals surface area contributed by atoms with Crippen molar-refractivity contribution in [3.05, 3.63) is 35.2 Å². The molecule has 1 unspecified atom stereocenters. The second-order valence-corrected chi connectivity index (χ2v) is 9.90. The number of likely N-dealkylation sites (tertiary alicyclic amines) is 1. The van der Waals surface area contributed by atoms with E-state index >= 15 is 0 Å². The Bertz CT molecular complexity index is 970. The molecule has 0 spiro atoms. The molecule has 1 atom stereocenters. The summed E-state index contributed by atoms with van der Waals surface area (Å²) in [6, 6.07) is 7.00. The first kappa shape index (κ1) is 23.7. The molecule has 1 saturated carbocycles. The molecule has 2 amide bonds. The number of carbonyl (C=O) groups is 2. The Labute approximate surface area is 200 Å². The Kier molecular flexibility index (Phi) is 7.68. The van der Waals surface area contributed by atoms with Crippen LogP contribution >= 0.6 is 11.6 Å². The van der Waals surface area contributed by atoms with Crippen LogP contribution in [0.25, 0.3) is 11.4 Å². The third kappa shape index (κ3) is 5.57. The third-order valence-corrected chi connectivity index (χ3v) is 7.03. The fourth-order valence-corrected chi connectivity index (χ4v) is 5.13. The van der Waals surface area contributed by atoms with Crippen molar-refractivity contribution in [1.29, 1.82) is 0 Å². The van der Waals surface area contributed by atoms with E-state index in [4.69, 9.17) is 16.1 Å². The number of rotatable bonds is 6. The lowest BCUT2D eigenvalue weighted by Gasteiger charge is -2.37. The number of hydrogen-bond acceptors (Lipinski definition) is 5. The van der Waals surface area contributed by atoms with Crippen molar-refractivity contribution < 1.29 is 14.1 Å². The maximum absolute atomic E-state index is 13.4. The molecular formula is C25H33ClN4O3. The van der Waals surface area contributed by atoms with E-state index in [-0.39, 0.29) is 36.4 Å². The minimum absolute atomic E-state index is 0.0237. The van der Waals surface area contributed by atoms with E-state index in [1.54, 1.807) is 17.0 Å². The highest BCUT2D eigenvalue weighted by Crippen LogP contribution is 2.32. The normalized spacial score (nSPS) is 19.6. The van der Waals surface area contributed by atoms with Crippen LogP contribution in [0.3, 0.4) is 0 Å². The highest BCUT2D eigenvalue weighted by molar-refractivity contribution is 6.30. The molecule has 2 aliphatic rings. The minimum Gasteiger partial charge on any atom is -0.337 e. The topological polar surface area (TPSA) is 79.5 Å². The lowest BCUT2D eigenvalue weighted by Crippen LogP contribution is -2.49. The van der Waals surface area contributed by atoms with Gasteiger partial charge in [0, 0.05) is 29.1 Å². The van der Waals surface area contributed by atoms with Gasteiger partial charge in [-0.15, -0.1) is 0 Å². The zero-order valence-corrected chi connectivity index (χ0v) is 20.3. The van der Waals surface area contributed by atoms with E-state index in [1.807, 2.05) is 30.9 Å². The summed E-state index contributed by atoms with van der Waals surface area (Å²) in [5.41, 5.74) is 0.773. The molecular weight excluding hydrogens is 440 g/mol. The van der Waals surface area contributed by atoms with Crippen LogP contribution < -0.4 is 0 Å². The van der Waals surface area contributed by atoms with Gasteiger partial charge in [0.05, 0.1) is 0 Å². The number of amides is 2. The van der Waals surface area contributed by atoms with Crippen molar-refractivity contribution in [3.63, 3.8) is 0 Å². The Balaban J connectivity index is 1.49. The van der Waals surface area contributed by atoms with Gasteiger partial charge in [-0.1, -0.05) is 48.2 Å². The van der Waals surface area contributed by atoms with Gasteiger partial charge in [-0.05, 0) is 58.1 Å². The van der Waals surface area contributed by atoms with Crippen molar-refractivity contribution in [3.8, 4) is 11.4 Å². The summed E-state index contributed by atoms with van der Waals surface area (Å²) in [6.07, 6.45) is 7.91. The second kappa shape index (κ2) is 10.7. The summed E-state index contributed by atoms with van der Waals surface area (Å²) in [6.45, 7) is 4.69. The van der Waals surface area contributed by atoms with Gasteiger partial charge in [0.25, 0.3) is 0 Å². The lowest BCUT2D eigenvalue weighted by atomic mass is 9.88. The van der Waals surface area contributed by atoms with Crippen LogP contribution in [-0.2, 0) is 9.59 Å². The van der Waals surface area contributed by atoms with E-state index in [0.717, 1.165) is 50.5 Å². The number of benzene rings is 1. The molecule has 0 bridgehead atoms. The number of nitrogens with zero attached hydrogens (tertiary/aromatic N) is 4. The van der Waals surface area contributed by atoms with Crippen LogP contribution in [-0.4, -0.2) is 50.9 Å². The number of aromatic nitrogens is 2. The highest BCUT2D eigenvalue weighted by atomic mass is 35.5. The fourth-order valence-electron chi connectivity index (χ4n) is 4.94. The third-order valence-electron chi connectivity index (χ3n) is 6.80. The summed E-state index contributed by atoms with van der Waals surface area (Å²) >= 11 is 6.10. The molecule has 1 aliphatic carbocycles. The second-order valence-electron chi connectivity index (χ2n) is 9.46. The van der Waals surface area contributed by atoms with Gasteiger partial charge in [-0.3, -0.25) is 9.59 Å². The molecule has 2 fully saturated rings. The Morgan fingerprint density at radius 1 is 1.15 bits per heavy atom. The molecule has 2 aromatic rings. The van der Waals surface area contributed by atoms with Crippen molar-refractivity contribution in [2.45, 2.75) is 77.3 Å². The Morgan fingerprint density at radius 3 is 2.64 bits per heavy atom. The van der Waals surface area contributed by atoms with Gasteiger partial charge in [0.2, 0.25) is 23.5 Å². The number of hydrogen-bond donors (Lipinski definition) is 0. The summed E-state index contributed by atoms with van der Waals surface area (Å²) in [4.78, 5) is 34.8. The van der Waals surface area contributed by atoms with E-state index in [2.05, 4.69) is 10.1 Å². The molecule has 1 aromatic heterocycles. The first-order valence-electron chi connectivity index (χ1n) is 12.1. The van der Waals surface area contributed by atoms with Crippen molar-refractivity contribution >= 4 is 23.4 Å². The molecule has 1 aliphatic heterocycles. The molecule has 0 radical (unpaired) electrons. The zero-order chi connectivity index (χ0) is 23.4. The Morgan fingerprint density at radius 2 is 1.91 bits per heavy atom. The van der Waals surface area contributed by atoms with Gasteiger partial charge < -0.3 is 14.3 Å². The first-order valence-corrected chi connectivity index (χ1v) is 12.5. The van der Waals surface area contributed by atoms with Crippen LogP contribution in [0.1, 0.15) is 77.1 Å². The van der Waals surface area contributed by atoms with E-state index in [0.29, 0.717) is 23.3 Å². The van der Waals surface area contributed by atoms with Gasteiger partial charge in [-0.25, -0.2) is 0 Å². The lowest BCUT2D eigenvalue weighted by molar-refractivity contribution is -0.147. The molecule has 178 valence electrons. The summed E-state index contributed by atoms with van der Waals surface area (Å²) in [5.74, 6) is 1.00. The molecule has 0 N–H and O–H groups in total. The van der Waals surface area contributed by atoms with Crippen molar-refractivity contribution in [2.75, 3.05) is 13.1 Å². The summed E-state index contributed by atoms with van der Waals surface area (Å²) in [5, 5.41) is 4.73. The summed E-state index contributed by atoms with van der Waals surface area (Å²) in [7, 11) is 0. The molecule has 33 heavy (non-hydrogen) atoms. The average Bonchev–Trinajstić information content (AvgIpc) is 3.33. The standard InChI is InChI=1S/C25H33ClN4O3/c1-17(2)30(25(32)18-9-4-3-5-10-18)16-22(31)29-14-7-6-13-21(29)24-27-23(28-33-24)19-11-8-12-20(26)15-19/h8,11-12,15,17-18,21H,3-7,9-10,13-14,16H2,1-2H3. The van der Waals surface area contributed by atoms with Crippen molar-refractivity contribution in [2.24, 2.45) is 5.92 Å². The Hall–Kier alpha value is -2.41. The monoisotopic (exact) mass is 472 g/mol. The van der Waals surface area contributed by atoms with E-state index < -0.39 is 0 Å². The molecule has 2 heterocycles. The first-order chi connectivity index (χ1) is 15.9. The van der Waals surface area contributed by atoms with Crippen LogP contribution in [0.15, 0.2) is 28.8 Å². The fraction of sp³-hybridized carbons (Fsp3) is 0.600. The van der Waals surface area contributed by atoms with E-state index in [9.17, 15) is 9.59 Å². The van der Waals surface area contributed by atoms with Gasteiger partial charge in [0.1, 0.15) is 12.6 Å². The zero-order valence-electron chi connectivity index (χ0n) is 19.5. The van der Waals surface area contributed by atoms with Crippen LogP contribution in [0.4, 0.5) is 0 Å². The molecule has 4 rings (SSSR count). The van der Waals surface area contributed by atoms with Crippen molar-refractivity contribution in [1.82, 2.24) is 19.9 Å². The largest absolute Gasteiger partial charge is 0.337 e. The quantitative estimate of drug-likeness (QED) is 0.572. The smallest absolute Gasteiger partial charge is 0.249 e. The molecule has 7 nitrogen and oxygen atoms in total. The molecule has 1 aromatic carbocycles. The van der Waals surface area contributed by atoms with Gasteiger partial charge in [-0.2, -0.15) is 4.98 Å². The SMILES string of the molecule is CC(C)N(CC(=O)N1CCCCC1c1nc(-c2cccc(Cl)c2)no1)C(=O)C1CCCCC1. The number of halogens is 1. The minimum atomic E-state index is -0.273. The van der Waals surface area contributed by atoms with Gasteiger partial charge >= 0.3 is 0 Å². The van der Waals surface area contributed by atoms with Crippen LogP contribution in [0.5, 0.6) is 0 Å². The van der Waals surface area contributed by atoms with E-state index in [1.165, 1.54) is 6.42 Å². The summed E-state index contributed by atoms with van der Waals surface area (Å²) < 4.78 is 5.60. The number of carbonyl (C=O) groups excluding carboxylic acids is 2. The highest BCUT2D eigenvalue weighted by Gasteiger charge is 2.35. The maximum atomic E-state index is 13.4.